The summed E-state index contributed by atoms with van der Waals surface area (Å²) >= 11 is 3.43. The fraction of sp³-hybridized carbons (Fsp3) is 0.571. The van der Waals surface area contributed by atoms with Gasteiger partial charge in [0, 0.05) is 16.6 Å². The molecule has 1 aromatic carbocycles. The highest BCUT2D eigenvalue weighted by molar-refractivity contribution is 9.10. The van der Waals surface area contributed by atoms with Crippen LogP contribution < -0.4 is 5.32 Å². The molecule has 0 radical (unpaired) electrons. The predicted octanol–water partition coefficient (Wildman–Crippen LogP) is 3.40. The van der Waals surface area contributed by atoms with E-state index in [0.717, 1.165) is 16.5 Å². The lowest BCUT2D eigenvalue weighted by atomic mass is 9.75. The van der Waals surface area contributed by atoms with E-state index in [9.17, 15) is 5.11 Å². The molecule has 1 aromatic rings. The van der Waals surface area contributed by atoms with Crippen molar-refractivity contribution < 1.29 is 5.11 Å². The summed E-state index contributed by atoms with van der Waals surface area (Å²) in [4.78, 5) is 0. The van der Waals surface area contributed by atoms with Gasteiger partial charge in [-0.05, 0) is 43.4 Å². The molecule has 2 nitrogen and oxygen atoms in total. The molecule has 1 aliphatic carbocycles. The monoisotopic (exact) mass is 297 g/mol. The average Bonchev–Trinajstić information content (AvgIpc) is 2.28. The summed E-state index contributed by atoms with van der Waals surface area (Å²) in [5.41, 5.74) is 1.27. The van der Waals surface area contributed by atoms with Gasteiger partial charge in [0.25, 0.3) is 0 Å². The molecule has 0 saturated heterocycles. The zero-order valence-electron chi connectivity index (χ0n) is 10.2. The Morgan fingerprint density at radius 2 is 2.24 bits per heavy atom. The van der Waals surface area contributed by atoms with Crippen molar-refractivity contribution in [2.24, 2.45) is 0 Å². The van der Waals surface area contributed by atoms with E-state index < -0.39 is 6.10 Å². The van der Waals surface area contributed by atoms with Crippen molar-refractivity contribution in [2.75, 3.05) is 6.54 Å². The van der Waals surface area contributed by atoms with Crippen molar-refractivity contribution in [1.82, 2.24) is 5.32 Å². The van der Waals surface area contributed by atoms with Crippen molar-refractivity contribution >= 4 is 15.9 Å². The number of aliphatic hydroxyl groups excluding tert-OH is 1. The van der Waals surface area contributed by atoms with Gasteiger partial charge < -0.3 is 10.4 Å². The van der Waals surface area contributed by atoms with E-state index in [1.807, 2.05) is 24.3 Å². The van der Waals surface area contributed by atoms with Gasteiger partial charge in [-0.15, -0.1) is 0 Å². The Balaban J connectivity index is 1.91. The molecule has 1 fully saturated rings. The van der Waals surface area contributed by atoms with Crippen LogP contribution in [0.2, 0.25) is 0 Å². The average molecular weight is 298 g/mol. The standard InChI is InChI=1S/C14H20BrNO/c1-2-14(7-4-8-14)16-10-13(17)11-5-3-6-12(15)9-11/h3,5-6,9,13,16-17H,2,4,7-8,10H2,1H3. The van der Waals surface area contributed by atoms with Crippen LogP contribution in [0.3, 0.4) is 0 Å². The largest absolute Gasteiger partial charge is 0.387 e. The van der Waals surface area contributed by atoms with Crippen molar-refractivity contribution in [2.45, 2.75) is 44.2 Å². The Morgan fingerprint density at radius 1 is 1.47 bits per heavy atom. The third-order valence-corrected chi connectivity index (χ3v) is 4.38. The van der Waals surface area contributed by atoms with E-state index in [0.29, 0.717) is 12.1 Å². The van der Waals surface area contributed by atoms with E-state index in [1.165, 1.54) is 19.3 Å². The summed E-state index contributed by atoms with van der Waals surface area (Å²) in [6, 6.07) is 7.88. The predicted molar refractivity (Wildman–Crippen MR) is 74.0 cm³/mol. The van der Waals surface area contributed by atoms with E-state index in [2.05, 4.69) is 28.2 Å². The lowest BCUT2D eigenvalue weighted by Gasteiger charge is -2.42. The maximum atomic E-state index is 10.1. The number of hydrogen-bond donors (Lipinski definition) is 2. The smallest absolute Gasteiger partial charge is 0.0914 e. The van der Waals surface area contributed by atoms with Crippen molar-refractivity contribution in [1.29, 1.82) is 0 Å². The third kappa shape index (κ3) is 3.09. The second kappa shape index (κ2) is 5.51. The maximum absolute atomic E-state index is 10.1. The molecule has 1 atom stereocenters. The Bertz CT molecular complexity index is 371. The summed E-state index contributed by atoms with van der Waals surface area (Å²) in [5.74, 6) is 0. The summed E-state index contributed by atoms with van der Waals surface area (Å²) in [5, 5.41) is 13.7. The topological polar surface area (TPSA) is 32.3 Å². The van der Waals surface area contributed by atoms with Crippen LogP contribution in [-0.2, 0) is 0 Å². The van der Waals surface area contributed by atoms with Gasteiger partial charge in [0.15, 0.2) is 0 Å². The summed E-state index contributed by atoms with van der Waals surface area (Å²) in [6.45, 7) is 2.86. The molecular formula is C14H20BrNO. The highest BCUT2D eigenvalue weighted by Gasteiger charge is 2.34. The van der Waals surface area contributed by atoms with E-state index in [4.69, 9.17) is 0 Å². The van der Waals surface area contributed by atoms with Crippen LogP contribution in [0.25, 0.3) is 0 Å². The number of rotatable bonds is 5. The molecule has 0 aromatic heterocycles. The molecule has 17 heavy (non-hydrogen) atoms. The van der Waals surface area contributed by atoms with Crippen LogP contribution in [0.4, 0.5) is 0 Å². The first kappa shape index (κ1) is 13.1. The highest BCUT2D eigenvalue weighted by atomic mass is 79.9. The molecule has 0 bridgehead atoms. The van der Waals surface area contributed by atoms with Crippen LogP contribution in [0, 0.1) is 0 Å². The summed E-state index contributed by atoms with van der Waals surface area (Å²) < 4.78 is 1.02. The molecule has 0 amide bonds. The van der Waals surface area contributed by atoms with Gasteiger partial charge in [0.05, 0.1) is 6.10 Å². The second-order valence-electron chi connectivity index (χ2n) is 4.94. The zero-order chi connectivity index (χ0) is 12.3. The first-order valence-corrected chi connectivity index (χ1v) is 7.13. The Labute approximate surface area is 112 Å². The highest BCUT2D eigenvalue weighted by Crippen LogP contribution is 2.34. The van der Waals surface area contributed by atoms with Crippen LogP contribution in [0.1, 0.15) is 44.3 Å². The molecule has 2 rings (SSSR count). The minimum absolute atomic E-state index is 0.299. The van der Waals surface area contributed by atoms with Gasteiger partial charge in [-0.25, -0.2) is 0 Å². The zero-order valence-corrected chi connectivity index (χ0v) is 11.8. The van der Waals surface area contributed by atoms with Crippen molar-refractivity contribution in [3.05, 3.63) is 34.3 Å². The quantitative estimate of drug-likeness (QED) is 0.873. The normalized spacial score (nSPS) is 19.7. The minimum Gasteiger partial charge on any atom is -0.387 e. The van der Waals surface area contributed by atoms with Crippen molar-refractivity contribution in [3.8, 4) is 0 Å². The van der Waals surface area contributed by atoms with Gasteiger partial charge in [0.2, 0.25) is 0 Å². The Kier molecular flexibility index (Phi) is 4.23. The second-order valence-corrected chi connectivity index (χ2v) is 5.85. The van der Waals surface area contributed by atoms with Gasteiger partial charge in [-0.1, -0.05) is 35.0 Å². The molecule has 3 heteroatoms. The molecule has 2 N–H and O–H groups in total. The molecular weight excluding hydrogens is 278 g/mol. The number of halogens is 1. The fourth-order valence-corrected chi connectivity index (χ4v) is 2.82. The molecule has 0 heterocycles. The molecule has 1 aliphatic rings. The van der Waals surface area contributed by atoms with E-state index in [-0.39, 0.29) is 0 Å². The molecule has 0 spiro atoms. The lowest BCUT2D eigenvalue weighted by Crippen LogP contribution is -2.51. The van der Waals surface area contributed by atoms with Gasteiger partial charge >= 0.3 is 0 Å². The van der Waals surface area contributed by atoms with Gasteiger partial charge in [0.1, 0.15) is 0 Å². The maximum Gasteiger partial charge on any atom is 0.0914 e. The number of benzene rings is 1. The van der Waals surface area contributed by atoms with Crippen LogP contribution in [0.15, 0.2) is 28.7 Å². The number of aliphatic hydroxyl groups is 1. The number of hydrogen-bond acceptors (Lipinski definition) is 2. The molecule has 0 aliphatic heterocycles. The SMILES string of the molecule is CCC1(NCC(O)c2cccc(Br)c2)CCC1. The van der Waals surface area contributed by atoms with E-state index >= 15 is 0 Å². The Hall–Kier alpha value is -0.380. The van der Waals surface area contributed by atoms with Crippen LogP contribution in [0.5, 0.6) is 0 Å². The molecule has 1 saturated carbocycles. The van der Waals surface area contributed by atoms with E-state index in [1.54, 1.807) is 0 Å². The van der Waals surface area contributed by atoms with Gasteiger partial charge in [-0.2, -0.15) is 0 Å². The third-order valence-electron chi connectivity index (χ3n) is 3.89. The lowest BCUT2D eigenvalue weighted by molar-refractivity contribution is 0.119. The van der Waals surface area contributed by atoms with Crippen LogP contribution >= 0.6 is 15.9 Å². The first-order chi connectivity index (χ1) is 8.15. The number of β-amino-alcohol motifs (C(OH)–C–C–N with tert-alkyl or cyclic N) is 1. The van der Waals surface area contributed by atoms with Gasteiger partial charge in [-0.3, -0.25) is 0 Å². The molecule has 94 valence electrons. The minimum atomic E-state index is -0.420. The molecule has 1 unspecified atom stereocenters. The number of nitrogens with one attached hydrogen (secondary N) is 1. The first-order valence-electron chi connectivity index (χ1n) is 6.34. The summed E-state index contributed by atoms with van der Waals surface area (Å²) in [7, 11) is 0. The van der Waals surface area contributed by atoms with Crippen molar-refractivity contribution in [3.63, 3.8) is 0 Å². The summed E-state index contributed by atoms with van der Waals surface area (Å²) in [6.07, 6.45) is 4.53. The fourth-order valence-electron chi connectivity index (χ4n) is 2.40. The van der Waals surface area contributed by atoms with Crippen LogP contribution in [-0.4, -0.2) is 17.2 Å². The Morgan fingerprint density at radius 3 is 2.76 bits per heavy atom.